The Kier molecular flexibility index (Phi) is 6.45. The molecule has 1 amide bonds. The molecule has 7 heteroatoms. The average molecular weight is 342 g/mol. The average Bonchev–Trinajstić information content (AvgIpc) is 2.61. The van der Waals surface area contributed by atoms with E-state index in [4.69, 9.17) is 4.74 Å². The second kappa shape index (κ2) is 8.77. The van der Waals surface area contributed by atoms with Crippen LogP contribution in [-0.4, -0.2) is 48.1 Å². The van der Waals surface area contributed by atoms with E-state index in [-0.39, 0.29) is 25.1 Å². The van der Waals surface area contributed by atoms with Gasteiger partial charge in [0, 0.05) is 31.2 Å². The van der Waals surface area contributed by atoms with Crippen LogP contribution >= 0.6 is 0 Å². The van der Waals surface area contributed by atoms with Gasteiger partial charge in [0.15, 0.2) is 6.61 Å². The number of anilines is 2. The zero-order valence-corrected chi connectivity index (χ0v) is 14.6. The number of para-hydroxylation sites is 1. The lowest BCUT2D eigenvalue weighted by Crippen LogP contribution is -2.40. The summed E-state index contributed by atoms with van der Waals surface area (Å²) in [5, 5.41) is 0. The van der Waals surface area contributed by atoms with Crippen LogP contribution in [0.5, 0.6) is 0 Å². The summed E-state index contributed by atoms with van der Waals surface area (Å²) in [6.45, 7) is 3.47. The van der Waals surface area contributed by atoms with Crippen molar-refractivity contribution in [3.05, 3.63) is 48.8 Å². The summed E-state index contributed by atoms with van der Waals surface area (Å²) >= 11 is 0. The molecule has 0 aliphatic heterocycles. The van der Waals surface area contributed by atoms with E-state index in [1.54, 1.807) is 35.3 Å². The van der Waals surface area contributed by atoms with E-state index in [0.717, 1.165) is 5.69 Å². The quantitative estimate of drug-likeness (QED) is 0.715. The molecule has 0 aliphatic rings. The number of likely N-dealkylation sites (N-methyl/N-ethyl adjacent to an activating group) is 1. The van der Waals surface area contributed by atoms with E-state index in [1.165, 1.54) is 0 Å². The van der Waals surface area contributed by atoms with Crippen LogP contribution in [0.2, 0.25) is 0 Å². The van der Waals surface area contributed by atoms with Gasteiger partial charge in [0.05, 0.1) is 0 Å². The fourth-order valence-corrected chi connectivity index (χ4v) is 2.33. The first-order valence-electron chi connectivity index (χ1n) is 8.00. The highest BCUT2D eigenvalue weighted by molar-refractivity contribution is 5.95. The second-order valence-corrected chi connectivity index (χ2v) is 5.76. The van der Waals surface area contributed by atoms with Crippen LogP contribution in [0.1, 0.15) is 13.8 Å². The maximum atomic E-state index is 12.5. The molecule has 0 spiro atoms. The molecular weight excluding hydrogens is 320 g/mol. The molecule has 1 heterocycles. The van der Waals surface area contributed by atoms with E-state index in [9.17, 15) is 9.59 Å². The Balaban J connectivity index is 1.90. The van der Waals surface area contributed by atoms with Gasteiger partial charge in [-0.05, 0) is 32.0 Å². The fourth-order valence-electron chi connectivity index (χ4n) is 2.33. The minimum absolute atomic E-state index is 0.0374. The second-order valence-electron chi connectivity index (χ2n) is 5.76. The van der Waals surface area contributed by atoms with Crippen molar-refractivity contribution in [2.75, 3.05) is 30.0 Å². The molecule has 0 saturated heterocycles. The van der Waals surface area contributed by atoms with E-state index in [2.05, 4.69) is 9.97 Å². The van der Waals surface area contributed by atoms with Gasteiger partial charge in [-0.3, -0.25) is 9.59 Å². The van der Waals surface area contributed by atoms with Crippen molar-refractivity contribution in [1.82, 2.24) is 9.97 Å². The molecule has 0 unspecified atom stereocenters. The van der Waals surface area contributed by atoms with Crippen molar-refractivity contribution in [3.8, 4) is 0 Å². The van der Waals surface area contributed by atoms with E-state index < -0.39 is 5.97 Å². The van der Waals surface area contributed by atoms with Crippen molar-refractivity contribution in [1.29, 1.82) is 0 Å². The van der Waals surface area contributed by atoms with Crippen molar-refractivity contribution >= 4 is 23.5 Å². The van der Waals surface area contributed by atoms with E-state index >= 15 is 0 Å². The number of ether oxygens (including phenoxy) is 1. The molecule has 0 fully saturated rings. The van der Waals surface area contributed by atoms with Gasteiger partial charge in [-0.1, -0.05) is 18.2 Å². The summed E-state index contributed by atoms with van der Waals surface area (Å²) in [7, 11) is 1.68. The van der Waals surface area contributed by atoms with Crippen LogP contribution in [0.25, 0.3) is 0 Å². The van der Waals surface area contributed by atoms with Crippen LogP contribution in [0.3, 0.4) is 0 Å². The standard InChI is InChI=1S/C18H22N4O3/c1-14(2)22(15-8-5-4-6-9-15)16(23)13-25-17(24)12-21(3)18-19-10-7-11-20-18/h4-11,14H,12-13H2,1-3H3. The fraction of sp³-hybridized carbons (Fsp3) is 0.333. The van der Waals surface area contributed by atoms with Gasteiger partial charge in [-0.2, -0.15) is 0 Å². The Morgan fingerprint density at radius 3 is 2.32 bits per heavy atom. The molecule has 2 aromatic rings. The van der Waals surface area contributed by atoms with Crippen molar-refractivity contribution in [2.45, 2.75) is 19.9 Å². The third kappa shape index (κ3) is 5.27. The molecule has 132 valence electrons. The van der Waals surface area contributed by atoms with E-state index in [0.29, 0.717) is 5.95 Å². The molecule has 0 saturated carbocycles. The predicted octanol–water partition coefficient (Wildman–Crippen LogP) is 1.90. The summed E-state index contributed by atoms with van der Waals surface area (Å²) in [4.78, 5) is 35.7. The van der Waals surface area contributed by atoms with Crippen molar-refractivity contribution in [2.24, 2.45) is 0 Å². The number of benzene rings is 1. The lowest BCUT2D eigenvalue weighted by molar-refractivity contribution is -0.146. The highest BCUT2D eigenvalue weighted by atomic mass is 16.5. The van der Waals surface area contributed by atoms with Crippen LogP contribution in [0, 0.1) is 0 Å². The first-order valence-corrected chi connectivity index (χ1v) is 8.00. The molecule has 0 aliphatic carbocycles. The lowest BCUT2D eigenvalue weighted by Gasteiger charge is -2.26. The number of carbonyl (C=O) groups is 2. The predicted molar refractivity (Wildman–Crippen MR) is 95.3 cm³/mol. The molecule has 2 rings (SSSR count). The molecule has 0 N–H and O–H groups in total. The Morgan fingerprint density at radius 2 is 1.72 bits per heavy atom. The molecule has 0 bridgehead atoms. The van der Waals surface area contributed by atoms with Crippen molar-refractivity contribution < 1.29 is 14.3 Å². The van der Waals surface area contributed by atoms with Gasteiger partial charge < -0.3 is 14.5 Å². The van der Waals surface area contributed by atoms with Crippen LogP contribution in [0.15, 0.2) is 48.8 Å². The number of amides is 1. The van der Waals surface area contributed by atoms with E-state index in [1.807, 2.05) is 44.2 Å². The van der Waals surface area contributed by atoms with Gasteiger partial charge in [-0.15, -0.1) is 0 Å². The van der Waals surface area contributed by atoms with Gasteiger partial charge >= 0.3 is 5.97 Å². The Labute approximate surface area is 147 Å². The third-order valence-corrected chi connectivity index (χ3v) is 3.44. The summed E-state index contributed by atoms with van der Waals surface area (Å²) < 4.78 is 5.12. The molecule has 1 aromatic carbocycles. The van der Waals surface area contributed by atoms with Crippen LogP contribution < -0.4 is 9.80 Å². The number of hydrogen-bond acceptors (Lipinski definition) is 6. The van der Waals surface area contributed by atoms with Gasteiger partial charge in [0.2, 0.25) is 5.95 Å². The number of carbonyl (C=O) groups excluding carboxylic acids is 2. The summed E-state index contributed by atoms with van der Waals surface area (Å²) in [5.41, 5.74) is 0.772. The number of aromatic nitrogens is 2. The smallest absolute Gasteiger partial charge is 0.326 e. The third-order valence-electron chi connectivity index (χ3n) is 3.44. The number of hydrogen-bond donors (Lipinski definition) is 0. The Morgan fingerprint density at radius 1 is 1.08 bits per heavy atom. The minimum atomic E-state index is -0.514. The maximum Gasteiger partial charge on any atom is 0.326 e. The normalized spacial score (nSPS) is 10.4. The zero-order valence-electron chi connectivity index (χ0n) is 14.6. The van der Waals surface area contributed by atoms with Crippen LogP contribution in [0.4, 0.5) is 11.6 Å². The largest absolute Gasteiger partial charge is 0.454 e. The summed E-state index contributed by atoms with van der Waals surface area (Å²) in [6.07, 6.45) is 3.18. The monoisotopic (exact) mass is 342 g/mol. The number of esters is 1. The zero-order chi connectivity index (χ0) is 18.2. The lowest BCUT2D eigenvalue weighted by atomic mass is 10.2. The topological polar surface area (TPSA) is 75.6 Å². The number of nitrogens with zero attached hydrogens (tertiary/aromatic N) is 4. The van der Waals surface area contributed by atoms with Gasteiger partial charge in [-0.25, -0.2) is 9.97 Å². The first-order chi connectivity index (χ1) is 12.0. The molecule has 0 atom stereocenters. The molecular formula is C18H22N4O3. The molecule has 7 nitrogen and oxygen atoms in total. The summed E-state index contributed by atoms with van der Waals surface area (Å²) in [6, 6.07) is 10.9. The molecule has 0 radical (unpaired) electrons. The van der Waals surface area contributed by atoms with Crippen LogP contribution in [-0.2, 0) is 14.3 Å². The molecule has 1 aromatic heterocycles. The minimum Gasteiger partial charge on any atom is -0.454 e. The Bertz CT molecular complexity index is 692. The number of rotatable bonds is 7. The molecule has 25 heavy (non-hydrogen) atoms. The van der Waals surface area contributed by atoms with Gasteiger partial charge in [0.1, 0.15) is 6.54 Å². The van der Waals surface area contributed by atoms with Gasteiger partial charge in [0.25, 0.3) is 5.91 Å². The SMILES string of the molecule is CC(C)N(C(=O)COC(=O)CN(C)c1ncccn1)c1ccccc1. The highest BCUT2D eigenvalue weighted by Gasteiger charge is 2.21. The van der Waals surface area contributed by atoms with Crippen molar-refractivity contribution in [3.63, 3.8) is 0 Å². The first kappa shape index (κ1) is 18.4. The highest BCUT2D eigenvalue weighted by Crippen LogP contribution is 2.16. The maximum absolute atomic E-state index is 12.5. The summed E-state index contributed by atoms with van der Waals surface area (Å²) in [5.74, 6) is -0.368. The Hall–Kier alpha value is -2.96.